The lowest BCUT2D eigenvalue weighted by atomic mass is 10.4. The first-order valence-electron chi connectivity index (χ1n) is 4.97. The zero-order chi connectivity index (χ0) is 10.7. The van der Waals surface area contributed by atoms with Gasteiger partial charge >= 0.3 is 0 Å². The van der Waals surface area contributed by atoms with Crippen molar-refractivity contribution in [3.63, 3.8) is 0 Å². The Hall–Kier alpha value is -1.38. The number of aryl methyl sites for hydroxylation is 3. The molecule has 2 aromatic heterocycles. The summed E-state index contributed by atoms with van der Waals surface area (Å²) in [5, 5.41) is 0. The third kappa shape index (κ3) is 1.92. The van der Waals surface area contributed by atoms with Crippen LogP contribution in [0.15, 0.2) is 12.3 Å². The van der Waals surface area contributed by atoms with Gasteiger partial charge in [0.2, 0.25) is 0 Å². The highest BCUT2D eigenvalue weighted by Gasteiger charge is 2.01. The molecular formula is C11H17N3. The maximum atomic E-state index is 4.36. The molecule has 2 rings (SSSR count). The van der Waals surface area contributed by atoms with E-state index in [-0.39, 0.29) is 0 Å². The van der Waals surface area contributed by atoms with Gasteiger partial charge in [0.25, 0.3) is 0 Å². The van der Waals surface area contributed by atoms with Gasteiger partial charge in [-0.15, -0.1) is 0 Å². The summed E-state index contributed by atoms with van der Waals surface area (Å²) in [7, 11) is 0. The highest BCUT2D eigenvalue weighted by atomic mass is 15.1. The van der Waals surface area contributed by atoms with Crippen molar-refractivity contribution in [2.75, 3.05) is 0 Å². The Morgan fingerprint density at radius 3 is 2.29 bits per heavy atom. The summed E-state index contributed by atoms with van der Waals surface area (Å²) >= 11 is 0. The molecule has 0 amide bonds. The second-order valence-electron chi connectivity index (χ2n) is 3.06. The molecule has 2 heterocycles. The molecule has 0 aromatic carbocycles. The first-order valence-corrected chi connectivity index (χ1v) is 4.97. The Kier molecular flexibility index (Phi) is 3.23. The minimum absolute atomic E-state index is 0.984. The quantitative estimate of drug-likeness (QED) is 0.641. The van der Waals surface area contributed by atoms with Crippen molar-refractivity contribution in [3.05, 3.63) is 29.5 Å². The van der Waals surface area contributed by atoms with Crippen molar-refractivity contribution in [1.29, 1.82) is 0 Å². The SMILES string of the molecule is CC.Cc1cc2nc(C)cn2c(C)n1. The van der Waals surface area contributed by atoms with E-state index in [0.29, 0.717) is 0 Å². The van der Waals surface area contributed by atoms with Crippen molar-refractivity contribution in [3.8, 4) is 0 Å². The Balaban J connectivity index is 0.000000461. The third-order valence-electron chi connectivity index (χ3n) is 1.88. The maximum Gasteiger partial charge on any atom is 0.140 e. The lowest BCUT2D eigenvalue weighted by Crippen LogP contribution is -1.95. The first-order chi connectivity index (χ1) is 6.66. The molecule has 0 N–H and O–H groups in total. The number of aromatic nitrogens is 3. The van der Waals surface area contributed by atoms with E-state index >= 15 is 0 Å². The molecular weight excluding hydrogens is 174 g/mol. The van der Waals surface area contributed by atoms with Gasteiger partial charge in [-0.2, -0.15) is 0 Å². The van der Waals surface area contributed by atoms with Crippen LogP contribution in [-0.2, 0) is 0 Å². The predicted octanol–water partition coefficient (Wildman–Crippen LogP) is 2.68. The van der Waals surface area contributed by atoms with Gasteiger partial charge in [0.05, 0.1) is 5.69 Å². The second-order valence-corrected chi connectivity index (χ2v) is 3.06. The van der Waals surface area contributed by atoms with Crippen LogP contribution in [-0.4, -0.2) is 14.4 Å². The minimum Gasteiger partial charge on any atom is -0.288 e. The summed E-state index contributed by atoms with van der Waals surface area (Å²) in [4.78, 5) is 8.70. The van der Waals surface area contributed by atoms with Crippen LogP contribution in [0.4, 0.5) is 0 Å². The maximum absolute atomic E-state index is 4.36. The molecule has 0 aliphatic rings. The van der Waals surface area contributed by atoms with Crippen LogP contribution in [0.2, 0.25) is 0 Å². The Bertz CT molecular complexity index is 429. The third-order valence-corrected chi connectivity index (χ3v) is 1.88. The first kappa shape index (κ1) is 10.7. The summed E-state index contributed by atoms with van der Waals surface area (Å²) in [6, 6.07) is 1.99. The van der Waals surface area contributed by atoms with Crippen LogP contribution in [0.1, 0.15) is 31.1 Å². The molecule has 3 heteroatoms. The largest absolute Gasteiger partial charge is 0.288 e. The minimum atomic E-state index is 0.984. The molecule has 14 heavy (non-hydrogen) atoms. The lowest BCUT2D eigenvalue weighted by Gasteiger charge is -1.98. The zero-order valence-electron chi connectivity index (χ0n) is 9.50. The van der Waals surface area contributed by atoms with Crippen LogP contribution in [0.25, 0.3) is 5.65 Å². The number of nitrogens with zero attached hydrogens (tertiary/aromatic N) is 3. The molecule has 2 aromatic rings. The molecule has 0 fully saturated rings. The van der Waals surface area contributed by atoms with E-state index < -0.39 is 0 Å². The van der Waals surface area contributed by atoms with Crippen molar-refractivity contribution in [1.82, 2.24) is 14.4 Å². The summed E-state index contributed by atoms with van der Waals surface area (Å²) in [5.74, 6) is 0.991. The van der Waals surface area contributed by atoms with Crippen molar-refractivity contribution in [2.45, 2.75) is 34.6 Å². The van der Waals surface area contributed by atoms with Crippen molar-refractivity contribution >= 4 is 5.65 Å². The van der Waals surface area contributed by atoms with Gasteiger partial charge in [-0.1, -0.05) is 13.8 Å². The second kappa shape index (κ2) is 4.22. The topological polar surface area (TPSA) is 30.2 Å². The van der Waals surface area contributed by atoms with Crippen LogP contribution < -0.4 is 0 Å². The zero-order valence-corrected chi connectivity index (χ0v) is 9.50. The number of imidazole rings is 1. The Morgan fingerprint density at radius 2 is 1.64 bits per heavy atom. The Labute approximate surface area is 84.8 Å². The van der Waals surface area contributed by atoms with Crippen LogP contribution >= 0.6 is 0 Å². The summed E-state index contributed by atoms with van der Waals surface area (Å²) in [5.41, 5.74) is 3.04. The molecule has 0 aliphatic heterocycles. The molecule has 0 unspecified atom stereocenters. The van der Waals surface area contributed by atoms with Gasteiger partial charge in [0.1, 0.15) is 11.5 Å². The van der Waals surface area contributed by atoms with E-state index in [0.717, 1.165) is 22.9 Å². The fourth-order valence-electron chi connectivity index (χ4n) is 1.41. The number of hydrogen-bond acceptors (Lipinski definition) is 2. The Morgan fingerprint density at radius 1 is 1.00 bits per heavy atom. The molecule has 0 saturated carbocycles. The van der Waals surface area contributed by atoms with Crippen LogP contribution in [0.5, 0.6) is 0 Å². The standard InChI is InChI=1S/C9H11N3.C2H6/c1-6-4-9-11-7(2)5-12(9)8(3)10-6;1-2/h4-5H,1-3H3;1-2H3. The molecule has 0 bridgehead atoms. The molecule has 0 aliphatic carbocycles. The van der Waals surface area contributed by atoms with Gasteiger partial charge < -0.3 is 0 Å². The summed E-state index contributed by atoms with van der Waals surface area (Å²) in [6.07, 6.45) is 2.00. The van der Waals surface area contributed by atoms with Gasteiger partial charge in [-0.05, 0) is 20.8 Å². The van der Waals surface area contributed by atoms with E-state index in [4.69, 9.17) is 0 Å². The van der Waals surface area contributed by atoms with E-state index in [2.05, 4.69) is 9.97 Å². The highest BCUT2D eigenvalue weighted by molar-refractivity contribution is 5.41. The van der Waals surface area contributed by atoms with E-state index in [1.54, 1.807) is 0 Å². The van der Waals surface area contributed by atoms with Gasteiger partial charge in [-0.25, -0.2) is 9.97 Å². The number of hydrogen-bond donors (Lipinski definition) is 0. The molecule has 0 radical (unpaired) electrons. The fraction of sp³-hybridized carbons (Fsp3) is 0.455. The van der Waals surface area contributed by atoms with Crippen molar-refractivity contribution < 1.29 is 0 Å². The fourth-order valence-corrected chi connectivity index (χ4v) is 1.41. The van der Waals surface area contributed by atoms with E-state index in [1.807, 2.05) is 51.3 Å². The van der Waals surface area contributed by atoms with E-state index in [1.165, 1.54) is 0 Å². The monoisotopic (exact) mass is 191 g/mol. The summed E-state index contributed by atoms with van der Waals surface area (Å²) in [6.45, 7) is 9.96. The average molecular weight is 191 g/mol. The molecule has 0 saturated heterocycles. The predicted molar refractivity (Wildman–Crippen MR) is 58.5 cm³/mol. The molecule has 0 atom stereocenters. The smallest absolute Gasteiger partial charge is 0.140 e. The molecule has 0 spiro atoms. The van der Waals surface area contributed by atoms with Crippen LogP contribution in [0.3, 0.4) is 0 Å². The van der Waals surface area contributed by atoms with Crippen LogP contribution in [0, 0.1) is 20.8 Å². The lowest BCUT2D eigenvalue weighted by molar-refractivity contribution is 0.960. The van der Waals surface area contributed by atoms with Gasteiger partial charge in [-0.3, -0.25) is 4.40 Å². The molecule has 3 nitrogen and oxygen atoms in total. The van der Waals surface area contributed by atoms with Gasteiger partial charge in [0.15, 0.2) is 0 Å². The van der Waals surface area contributed by atoms with Gasteiger partial charge in [0, 0.05) is 18.0 Å². The number of fused-ring (bicyclic) bond motifs is 1. The highest BCUT2D eigenvalue weighted by Crippen LogP contribution is 2.07. The summed E-state index contributed by atoms with van der Waals surface area (Å²) < 4.78 is 2.00. The normalized spacial score (nSPS) is 9.79. The van der Waals surface area contributed by atoms with E-state index in [9.17, 15) is 0 Å². The molecule has 76 valence electrons. The number of rotatable bonds is 0. The average Bonchev–Trinajstić information content (AvgIpc) is 2.49. The van der Waals surface area contributed by atoms with Crippen molar-refractivity contribution in [2.24, 2.45) is 0 Å².